The molecule has 1 atom stereocenters. The van der Waals surface area contributed by atoms with E-state index in [1.54, 1.807) is 17.0 Å². The molecule has 31 heavy (non-hydrogen) atoms. The number of halogens is 3. The lowest BCUT2D eigenvalue weighted by atomic mass is 10.1. The van der Waals surface area contributed by atoms with E-state index >= 15 is 0 Å². The highest BCUT2D eigenvalue weighted by atomic mass is 19.2. The van der Waals surface area contributed by atoms with Crippen LogP contribution in [-0.4, -0.2) is 53.4 Å². The molecule has 0 radical (unpaired) electrons. The minimum Gasteiger partial charge on any atom is -0.481 e. The number of hydrogen-bond acceptors (Lipinski definition) is 6. The van der Waals surface area contributed by atoms with Gasteiger partial charge in [-0.3, -0.25) is 9.80 Å². The van der Waals surface area contributed by atoms with Crippen LogP contribution in [0.25, 0.3) is 0 Å². The van der Waals surface area contributed by atoms with Crippen LogP contribution in [0, 0.1) is 17.5 Å². The Hall–Kier alpha value is -3.63. The molecule has 2 amide bonds. The number of nitrogens with zero attached hydrogens (tertiary/aromatic N) is 5. The number of methoxy groups -OCH3 is 1. The van der Waals surface area contributed by atoms with Crippen molar-refractivity contribution in [2.75, 3.05) is 26.0 Å². The van der Waals surface area contributed by atoms with E-state index in [0.29, 0.717) is 23.7 Å². The molecule has 4 rings (SSSR count). The van der Waals surface area contributed by atoms with Gasteiger partial charge in [0.1, 0.15) is 0 Å². The van der Waals surface area contributed by atoms with Crippen molar-refractivity contribution in [3.63, 3.8) is 0 Å². The number of pyridine rings is 1. The molecule has 3 heterocycles. The van der Waals surface area contributed by atoms with Gasteiger partial charge in [-0.25, -0.2) is 27.9 Å². The Labute approximate surface area is 176 Å². The minimum absolute atomic E-state index is 0.0969. The summed E-state index contributed by atoms with van der Waals surface area (Å²) in [5.41, 5.74) is 1.42. The van der Waals surface area contributed by atoms with E-state index in [1.165, 1.54) is 19.1 Å². The second-order valence-electron chi connectivity index (χ2n) is 6.93. The Morgan fingerprint density at radius 3 is 2.58 bits per heavy atom. The number of benzene rings is 1. The van der Waals surface area contributed by atoms with Gasteiger partial charge in [0, 0.05) is 13.1 Å². The number of aromatic nitrogens is 1. The van der Waals surface area contributed by atoms with Gasteiger partial charge >= 0.3 is 6.03 Å². The standard InChI is InChI=1S/C20H19F3N6O2/c1-4-13-14(5-6-16(25-13)31-3)26-18-27-20(30)28(2)19-24-9-15(29(18)19)10-7-11(21)17(23)12(22)8-10/h5-8,15H,4,9H2,1-3H3,(H,26,27,30). The molecular formula is C20H19F3N6O2. The van der Waals surface area contributed by atoms with Crippen LogP contribution in [0.15, 0.2) is 34.3 Å². The molecule has 0 bridgehead atoms. The molecule has 2 aromatic rings. The summed E-state index contributed by atoms with van der Waals surface area (Å²) in [5, 5.41) is 3.08. The third-order valence-electron chi connectivity index (χ3n) is 5.08. The Kier molecular flexibility index (Phi) is 5.25. The maximum atomic E-state index is 13.9. The molecule has 162 valence electrons. The van der Waals surface area contributed by atoms with Gasteiger partial charge in [-0.1, -0.05) is 6.92 Å². The number of rotatable bonds is 4. The van der Waals surface area contributed by atoms with Gasteiger partial charge in [0.15, 0.2) is 17.5 Å². The van der Waals surface area contributed by atoms with E-state index in [-0.39, 0.29) is 24.0 Å². The fraction of sp³-hybridized carbons (Fsp3) is 0.300. The first-order valence-corrected chi connectivity index (χ1v) is 9.49. The van der Waals surface area contributed by atoms with E-state index in [1.807, 2.05) is 6.92 Å². The summed E-state index contributed by atoms with van der Waals surface area (Å²) in [6.07, 6.45) is 0.569. The van der Waals surface area contributed by atoms with Crippen molar-refractivity contribution in [2.45, 2.75) is 19.4 Å². The molecule has 1 aromatic heterocycles. The van der Waals surface area contributed by atoms with E-state index < -0.39 is 29.5 Å². The molecule has 1 unspecified atom stereocenters. The second-order valence-corrected chi connectivity index (χ2v) is 6.93. The summed E-state index contributed by atoms with van der Waals surface area (Å²) in [6.45, 7) is 2.00. The number of aliphatic imine (C=N–C) groups is 2. The van der Waals surface area contributed by atoms with Crippen molar-refractivity contribution in [1.82, 2.24) is 14.8 Å². The van der Waals surface area contributed by atoms with Gasteiger partial charge in [0.25, 0.3) is 0 Å². The highest BCUT2D eigenvalue weighted by Crippen LogP contribution is 2.32. The topological polar surface area (TPSA) is 82.4 Å². The number of anilines is 1. The molecule has 8 nitrogen and oxygen atoms in total. The number of guanidine groups is 2. The lowest BCUT2D eigenvalue weighted by Crippen LogP contribution is -2.53. The van der Waals surface area contributed by atoms with Gasteiger partial charge < -0.3 is 10.1 Å². The van der Waals surface area contributed by atoms with Gasteiger partial charge in [0.05, 0.1) is 31.1 Å². The smallest absolute Gasteiger partial charge is 0.353 e. The zero-order chi connectivity index (χ0) is 22.3. The van der Waals surface area contributed by atoms with Crippen LogP contribution < -0.4 is 10.1 Å². The molecule has 2 aliphatic rings. The van der Waals surface area contributed by atoms with Crippen molar-refractivity contribution >= 4 is 23.6 Å². The summed E-state index contributed by atoms with van der Waals surface area (Å²) < 4.78 is 46.3. The van der Waals surface area contributed by atoms with Crippen molar-refractivity contribution in [2.24, 2.45) is 9.98 Å². The fourth-order valence-electron chi connectivity index (χ4n) is 3.49. The van der Waals surface area contributed by atoms with Gasteiger partial charge in [-0.05, 0) is 30.2 Å². The monoisotopic (exact) mass is 432 g/mol. The van der Waals surface area contributed by atoms with Crippen LogP contribution in [0.4, 0.5) is 23.7 Å². The Morgan fingerprint density at radius 2 is 1.94 bits per heavy atom. The molecule has 1 N–H and O–H groups in total. The van der Waals surface area contributed by atoms with Crippen molar-refractivity contribution in [1.29, 1.82) is 0 Å². The first-order chi connectivity index (χ1) is 14.8. The molecule has 0 aliphatic carbocycles. The van der Waals surface area contributed by atoms with E-state index in [9.17, 15) is 18.0 Å². The number of ether oxygens (including phenoxy) is 1. The van der Waals surface area contributed by atoms with Crippen LogP contribution in [0.5, 0.6) is 5.88 Å². The summed E-state index contributed by atoms with van der Waals surface area (Å²) in [5.74, 6) is -3.33. The minimum atomic E-state index is -1.54. The van der Waals surface area contributed by atoms with Gasteiger partial charge in [-0.15, -0.1) is 0 Å². The molecule has 0 spiro atoms. The Balaban J connectivity index is 1.74. The first kappa shape index (κ1) is 20.6. The molecule has 1 aromatic carbocycles. The molecule has 0 saturated heterocycles. The first-order valence-electron chi connectivity index (χ1n) is 9.49. The normalized spacial score (nSPS) is 18.0. The van der Waals surface area contributed by atoms with Crippen molar-refractivity contribution < 1.29 is 22.7 Å². The maximum absolute atomic E-state index is 13.9. The number of amides is 2. The predicted molar refractivity (Wildman–Crippen MR) is 108 cm³/mol. The number of carbonyl (C=O) groups is 1. The van der Waals surface area contributed by atoms with Crippen molar-refractivity contribution in [3.05, 3.63) is 53.0 Å². The Morgan fingerprint density at radius 1 is 1.23 bits per heavy atom. The largest absolute Gasteiger partial charge is 0.481 e. The second kappa shape index (κ2) is 7.89. The zero-order valence-electron chi connectivity index (χ0n) is 17.0. The predicted octanol–water partition coefficient (Wildman–Crippen LogP) is 3.32. The molecule has 2 aliphatic heterocycles. The summed E-state index contributed by atoms with van der Waals surface area (Å²) >= 11 is 0. The third kappa shape index (κ3) is 3.56. The molecule has 0 saturated carbocycles. The number of nitrogens with one attached hydrogen (secondary N) is 1. The van der Waals surface area contributed by atoms with E-state index in [0.717, 1.165) is 12.1 Å². The highest BCUT2D eigenvalue weighted by molar-refractivity contribution is 6.17. The molecular weight excluding hydrogens is 413 g/mol. The zero-order valence-corrected chi connectivity index (χ0v) is 17.0. The SMILES string of the molecule is CCc1nc(OC)ccc1NC1=NC(=O)N(C)C2=NCC(c3cc(F)c(F)c(F)c3)N12. The number of urea groups is 1. The van der Waals surface area contributed by atoms with Crippen LogP contribution in [-0.2, 0) is 6.42 Å². The lowest BCUT2D eigenvalue weighted by molar-refractivity contribution is 0.230. The van der Waals surface area contributed by atoms with Crippen molar-refractivity contribution in [3.8, 4) is 5.88 Å². The average molecular weight is 432 g/mol. The van der Waals surface area contributed by atoms with Crippen LogP contribution in [0.2, 0.25) is 0 Å². The number of hydrogen-bond donors (Lipinski definition) is 1. The number of aryl methyl sites for hydroxylation is 1. The number of fused-ring (bicyclic) bond motifs is 1. The maximum Gasteiger partial charge on any atom is 0.353 e. The summed E-state index contributed by atoms with van der Waals surface area (Å²) in [4.78, 5) is 28.0. The summed E-state index contributed by atoms with van der Waals surface area (Å²) in [6, 6.07) is 3.96. The van der Waals surface area contributed by atoms with Crippen LogP contribution in [0.1, 0.15) is 24.2 Å². The molecule has 11 heteroatoms. The highest BCUT2D eigenvalue weighted by Gasteiger charge is 2.41. The number of carbonyl (C=O) groups excluding carboxylic acids is 1. The van der Waals surface area contributed by atoms with Crippen LogP contribution >= 0.6 is 0 Å². The Bertz CT molecular complexity index is 1100. The van der Waals surface area contributed by atoms with Crippen LogP contribution in [0.3, 0.4) is 0 Å². The third-order valence-corrected chi connectivity index (χ3v) is 5.08. The van der Waals surface area contributed by atoms with Gasteiger partial charge in [0.2, 0.25) is 17.8 Å². The summed E-state index contributed by atoms with van der Waals surface area (Å²) in [7, 11) is 3.00. The lowest BCUT2D eigenvalue weighted by Gasteiger charge is -2.35. The van der Waals surface area contributed by atoms with Gasteiger partial charge in [-0.2, -0.15) is 4.99 Å². The average Bonchev–Trinajstić information content (AvgIpc) is 3.21. The molecule has 0 fully saturated rings. The van der Waals surface area contributed by atoms with E-state index in [2.05, 4.69) is 20.3 Å². The fourth-order valence-corrected chi connectivity index (χ4v) is 3.49. The van der Waals surface area contributed by atoms with E-state index in [4.69, 9.17) is 4.74 Å². The quantitative estimate of drug-likeness (QED) is 0.750.